The third-order valence-electron chi connectivity index (χ3n) is 3.64. The fourth-order valence-electron chi connectivity index (χ4n) is 2.63. The minimum absolute atomic E-state index is 0.607. The Morgan fingerprint density at radius 3 is 2.79 bits per heavy atom. The molecular weight excluding hydrogens is 256 g/mol. The lowest BCUT2D eigenvalue weighted by Crippen LogP contribution is -2.32. The van der Waals surface area contributed by atoms with Gasteiger partial charge in [-0.05, 0) is 43.6 Å². The van der Waals surface area contributed by atoms with Crippen LogP contribution in [0, 0.1) is 0 Å². The molecule has 0 saturated carbocycles. The van der Waals surface area contributed by atoms with Crippen LogP contribution in [0.4, 0.5) is 5.82 Å². The Morgan fingerprint density at radius 2 is 2.11 bits per heavy atom. The summed E-state index contributed by atoms with van der Waals surface area (Å²) in [5.41, 5.74) is 6.96. The van der Waals surface area contributed by atoms with E-state index >= 15 is 0 Å². The third-order valence-corrected chi connectivity index (χ3v) is 4.58. The van der Waals surface area contributed by atoms with Gasteiger partial charge in [0.25, 0.3) is 0 Å². The van der Waals surface area contributed by atoms with Gasteiger partial charge in [-0.25, -0.2) is 9.97 Å². The van der Waals surface area contributed by atoms with Crippen molar-refractivity contribution in [2.24, 2.45) is 0 Å². The predicted octanol–water partition coefficient (Wildman–Crippen LogP) is 2.50. The summed E-state index contributed by atoms with van der Waals surface area (Å²) < 4.78 is 0. The molecule has 0 unspecified atom stereocenters. The van der Waals surface area contributed by atoms with Crippen LogP contribution in [0.5, 0.6) is 0 Å². The number of rotatable bonds is 3. The van der Waals surface area contributed by atoms with Crippen molar-refractivity contribution in [1.29, 1.82) is 0 Å². The first-order valence-corrected chi connectivity index (χ1v) is 7.51. The van der Waals surface area contributed by atoms with Crippen molar-refractivity contribution < 1.29 is 0 Å². The summed E-state index contributed by atoms with van der Waals surface area (Å²) in [6.45, 7) is 3.23. The number of hydrogen-bond donors (Lipinski definition) is 1. The van der Waals surface area contributed by atoms with Crippen molar-refractivity contribution in [3.05, 3.63) is 40.5 Å². The number of aromatic nitrogens is 2. The van der Waals surface area contributed by atoms with E-state index in [9.17, 15) is 0 Å². The van der Waals surface area contributed by atoms with Crippen LogP contribution in [0.3, 0.4) is 0 Å². The van der Waals surface area contributed by atoms with Crippen LogP contribution < -0.4 is 5.73 Å². The molecule has 0 aromatic carbocycles. The molecule has 2 aromatic heterocycles. The minimum atomic E-state index is 0.607. The van der Waals surface area contributed by atoms with Crippen LogP contribution in [0.15, 0.2) is 29.9 Å². The summed E-state index contributed by atoms with van der Waals surface area (Å²) in [6, 6.07) is 4.01. The normalized spacial score (nSPS) is 17.7. The van der Waals surface area contributed by atoms with Gasteiger partial charge in [-0.15, -0.1) is 11.3 Å². The highest BCUT2D eigenvalue weighted by atomic mass is 32.1. The zero-order valence-electron chi connectivity index (χ0n) is 10.8. The van der Waals surface area contributed by atoms with Gasteiger partial charge in [-0.2, -0.15) is 0 Å². The topological polar surface area (TPSA) is 55.0 Å². The Bertz CT molecular complexity index is 518. The Balaban J connectivity index is 1.56. The molecule has 0 radical (unpaired) electrons. The van der Waals surface area contributed by atoms with Crippen molar-refractivity contribution >= 4 is 17.2 Å². The van der Waals surface area contributed by atoms with E-state index in [0.717, 1.165) is 19.6 Å². The number of hydrogen-bond acceptors (Lipinski definition) is 5. The zero-order chi connectivity index (χ0) is 13.1. The number of thiazole rings is 1. The van der Waals surface area contributed by atoms with Crippen LogP contribution in [0.25, 0.3) is 0 Å². The molecule has 100 valence electrons. The van der Waals surface area contributed by atoms with Crippen molar-refractivity contribution in [1.82, 2.24) is 14.9 Å². The summed E-state index contributed by atoms with van der Waals surface area (Å²) >= 11 is 1.78. The Labute approximate surface area is 117 Å². The van der Waals surface area contributed by atoms with Gasteiger partial charge in [0.15, 0.2) is 0 Å². The first kappa shape index (κ1) is 12.6. The Hall–Kier alpha value is -1.46. The van der Waals surface area contributed by atoms with Gasteiger partial charge in [0.2, 0.25) is 0 Å². The summed E-state index contributed by atoms with van der Waals surface area (Å²) in [5.74, 6) is 1.26. The summed E-state index contributed by atoms with van der Waals surface area (Å²) in [5, 5.41) is 3.37. The van der Waals surface area contributed by atoms with Gasteiger partial charge in [0.05, 0.1) is 5.01 Å². The van der Waals surface area contributed by atoms with Crippen LogP contribution >= 0.6 is 11.3 Å². The highest BCUT2D eigenvalue weighted by Crippen LogP contribution is 2.29. The molecule has 19 heavy (non-hydrogen) atoms. The molecule has 1 aliphatic rings. The van der Waals surface area contributed by atoms with Crippen molar-refractivity contribution in [3.8, 4) is 0 Å². The van der Waals surface area contributed by atoms with E-state index < -0.39 is 0 Å². The van der Waals surface area contributed by atoms with Crippen LogP contribution in [0.2, 0.25) is 0 Å². The molecule has 5 heteroatoms. The number of pyridine rings is 1. The molecular formula is C14H18N4S. The maximum atomic E-state index is 5.71. The minimum Gasteiger partial charge on any atom is -0.384 e. The SMILES string of the molecule is Nc1cc(CN2CCC(c3nccs3)CC2)ccn1. The molecule has 1 aliphatic heterocycles. The molecule has 0 bridgehead atoms. The lowest BCUT2D eigenvalue weighted by Gasteiger charge is -2.31. The second kappa shape index (κ2) is 5.67. The molecule has 0 aliphatic carbocycles. The predicted molar refractivity (Wildman–Crippen MR) is 78.0 cm³/mol. The van der Waals surface area contributed by atoms with Crippen LogP contribution in [-0.2, 0) is 6.54 Å². The fraction of sp³-hybridized carbons (Fsp3) is 0.429. The molecule has 4 nitrogen and oxygen atoms in total. The maximum Gasteiger partial charge on any atom is 0.123 e. The van der Waals surface area contributed by atoms with Crippen molar-refractivity contribution in [2.75, 3.05) is 18.8 Å². The fourth-order valence-corrected chi connectivity index (χ4v) is 3.44. The van der Waals surface area contributed by atoms with E-state index in [1.54, 1.807) is 17.5 Å². The second-order valence-corrected chi connectivity index (χ2v) is 5.94. The molecule has 0 atom stereocenters. The Kier molecular flexibility index (Phi) is 3.75. The van der Waals surface area contributed by atoms with E-state index in [2.05, 4.69) is 20.2 Å². The lowest BCUT2D eigenvalue weighted by molar-refractivity contribution is 0.204. The smallest absolute Gasteiger partial charge is 0.123 e. The van der Waals surface area contributed by atoms with Gasteiger partial charge in [0, 0.05) is 30.2 Å². The molecule has 2 N–H and O–H groups in total. The number of nitrogens with zero attached hydrogens (tertiary/aromatic N) is 3. The van der Waals surface area contributed by atoms with Gasteiger partial charge in [-0.1, -0.05) is 0 Å². The molecule has 1 fully saturated rings. The van der Waals surface area contributed by atoms with E-state index in [0.29, 0.717) is 11.7 Å². The summed E-state index contributed by atoms with van der Waals surface area (Å²) in [7, 11) is 0. The van der Waals surface area contributed by atoms with E-state index in [4.69, 9.17) is 5.73 Å². The van der Waals surface area contributed by atoms with Crippen LogP contribution in [-0.4, -0.2) is 28.0 Å². The van der Waals surface area contributed by atoms with E-state index in [-0.39, 0.29) is 0 Å². The van der Waals surface area contributed by atoms with Gasteiger partial charge < -0.3 is 5.73 Å². The van der Waals surface area contributed by atoms with Crippen molar-refractivity contribution in [2.45, 2.75) is 25.3 Å². The lowest BCUT2D eigenvalue weighted by atomic mass is 9.97. The molecule has 3 heterocycles. The highest BCUT2D eigenvalue weighted by molar-refractivity contribution is 7.09. The quantitative estimate of drug-likeness (QED) is 0.934. The monoisotopic (exact) mass is 274 g/mol. The van der Waals surface area contributed by atoms with Gasteiger partial charge >= 0.3 is 0 Å². The maximum absolute atomic E-state index is 5.71. The first-order chi connectivity index (χ1) is 9.31. The second-order valence-electron chi connectivity index (χ2n) is 5.01. The largest absolute Gasteiger partial charge is 0.384 e. The average molecular weight is 274 g/mol. The van der Waals surface area contributed by atoms with Crippen molar-refractivity contribution in [3.63, 3.8) is 0 Å². The van der Waals surface area contributed by atoms with E-state index in [1.807, 2.05) is 18.3 Å². The molecule has 0 spiro atoms. The van der Waals surface area contributed by atoms with Crippen LogP contribution in [0.1, 0.15) is 29.3 Å². The third kappa shape index (κ3) is 3.11. The molecule has 0 amide bonds. The zero-order valence-corrected chi connectivity index (χ0v) is 11.6. The standard InChI is InChI=1S/C14H18N4S/c15-13-9-11(1-4-16-13)10-18-6-2-12(3-7-18)14-17-5-8-19-14/h1,4-5,8-9,12H,2-3,6-7,10H2,(H2,15,16). The Morgan fingerprint density at radius 1 is 1.26 bits per heavy atom. The highest BCUT2D eigenvalue weighted by Gasteiger charge is 2.22. The van der Waals surface area contributed by atoms with Gasteiger partial charge in [-0.3, -0.25) is 4.90 Å². The summed E-state index contributed by atoms with van der Waals surface area (Å²) in [4.78, 5) is 11.0. The number of nitrogen functional groups attached to an aromatic ring is 1. The number of piperidine rings is 1. The molecule has 3 rings (SSSR count). The van der Waals surface area contributed by atoms with E-state index in [1.165, 1.54) is 23.4 Å². The summed E-state index contributed by atoms with van der Waals surface area (Å²) in [6.07, 6.45) is 6.10. The number of nitrogens with two attached hydrogens (primary N) is 1. The molecule has 2 aromatic rings. The average Bonchev–Trinajstić information content (AvgIpc) is 2.94. The number of likely N-dealkylation sites (tertiary alicyclic amines) is 1. The van der Waals surface area contributed by atoms with Gasteiger partial charge in [0.1, 0.15) is 5.82 Å². The number of anilines is 1. The first-order valence-electron chi connectivity index (χ1n) is 6.63. The molecule has 1 saturated heterocycles.